The molecule has 7 heteroatoms. The molecule has 0 fully saturated rings. The molecule has 0 aliphatic carbocycles. The van der Waals surface area contributed by atoms with Gasteiger partial charge in [0.1, 0.15) is 5.82 Å². The van der Waals surface area contributed by atoms with E-state index >= 15 is 0 Å². The molecule has 0 radical (unpaired) electrons. The Morgan fingerprint density at radius 2 is 2.00 bits per heavy atom. The molecule has 1 aliphatic rings. The van der Waals surface area contributed by atoms with Crippen molar-refractivity contribution in [3.63, 3.8) is 0 Å². The van der Waals surface area contributed by atoms with Crippen molar-refractivity contribution in [2.24, 2.45) is 0 Å². The minimum absolute atomic E-state index is 0.252. The maximum absolute atomic E-state index is 5.39. The molecule has 25 heavy (non-hydrogen) atoms. The average molecular weight is 335 g/mol. The fourth-order valence-corrected chi connectivity index (χ4v) is 2.51. The van der Waals surface area contributed by atoms with Crippen LogP contribution in [0.3, 0.4) is 0 Å². The number of hydrogen-bond acceptors (Lipinski definition) is 7. The first kappa shape index (κ1) is 15.2. The van der Waals surface area contributed by atoms with Crippen LogP contribution < -0.4 is 20.1 Å². The lowest BCUT2D eigenvalue weighted by Gasteiger charge is -2.10. The molecule has 3 heterocycles. The summed E-state index contributed by atoms with van der Waals surface area (Å²) >= 11 is 0. The van der Waals surface area contributed by atoms with Crippen LogP contribution in [0.1, 0.15) is 11.3 Å². The molecule has 0 spiro atoms. The standard InChI is InChI=1S/C18H17N5O2/c1-12-7-17(20-10-13-3-2-6-19-9-13)23-18(21-12)22-14-4-5-15-16(8-14)25-11-24-15/h2-9H,10-11H2,1H3,(H2,20,21,22,23). The highest BCUT2D eigenvalue weighted by atomic mass is 16.7. The Hall–Kier alpha value is -3.35. The monoisotopic (exact) mass is 335 g/mol. The van der Waals surface area contributed by atoms with Crippen molar-refractivity contribution in [1.82, 2.24) is 15.0 Å². The topological polar surface area (TPSA) is 81.2 Å². The number of aryl methyl sites for hydroxylation is 1. The first-order chi connectivity index (χ1) is 12.3. The molecule has 0 atom stereocenters. The fourth-order valence-electron chi connectivity index (χ4n) is 2.51. The third kappa shape index (κ3) is 3.60. The largest absolute Gasteiger partial charge is 0.454 e. The number of nitrogens with zero attached hydrogens (tertiary/aromatic N) is 3. The van der Waals surface area contributed by atoms with Crippen molar-refractivity contribution < 1.29 is 9.47 Å². The van der Waals surface area contributed by atoms with Gasteiger partial charge in [-0.05, 0) is 30.7 Å². The first-order valence-corrected chi connectivity index (χ1v) is 7.91. The summed E-state index contributed by atoms with van der Waals surface area (Å²) in [4.78, 5) is 13.1. The Bertz CT molecular complexity index is 886. The zero-order valence-corrected chi connectivity index (χ0v) is 13.7. The molecule has 0 amide bonds. The second-order valence-electron chi connectivity index (χ2n) is 5.63. The smallest absolute Gasteiger partial charge is 0.231 e. The number of aromatic nitrogens is 3. The van der Waals surface area contributed by atoms with Gasteiger partial charge in [0.2, 0.25) is 12.7 Å². The van der Waals surface area contributed by atoms with Crippen LogP contribution in [-0.2, 0) is 6.54 Å². The molecule has 0 bridgehead atoms. The maximum atomic E-state index is 5.39. The van der Waals surface area contributed by atoms with Crippen LogP contribution >= 0.6 is 0 Å². The number of fused-ring (bicyclic) bond motifs is 1. The lowest BCUT2D eigenvalue weighted by molar-refractivity contribution is 0.174. The van der Waals surface area contributed by atoms with Gasteiger partial charge in [0.05, 0.1) is 0 Å². The van der Waals surface area contributed by atoms with Crippen LogP contribution in [0.25, 0.3) is 0 Å². The molecule has 1 aromatic carbocycles. The summed E-state index contributed by atoms with van der Waals surface area (Å²) in [5.74, 6) is 2.73. The van der Waals surface area contributed by atoms with Crippen molar-refractivity contribution in [1.29, 1.82) is 0 Å². The summed E-state index contributed by atoms with van der Waals surface area (Å²) in [6, 6.07) is 11.5. The van der Waals surface area contributed by atoms with Crippen molar-refractivity contribution in [3.8, 4) is 11.5 Å². The molecular formula is C18H17N5O2. The zero-order valence-electron chi connectivity index (χ0n) is 13.7. The molecule has 0 saturated heterocycles. The number of pyridine rings is 1. The normalized spacial score (nSPS) is 12.0. The van der Waals surface area contributed by atoms with E-state index in [1.165, 1.54) is 0 Å². The van der Waals surface area contributed by atoms with Crippen molar-refractivity contribution in [2.45, 2.75) is 13.5 Å². The van der Waals surface area contributed by atoms with E-state index in [1.54, 1.807) is 6.20 Å². The fraction of sp³-hybridized carbons (Fsp3) is 0.167. The van der Waals surface area contributed by atoms with Gasteiger partial charge >= 0.3 is 0 Å². The van der Waals surface area contributed by atoms with Gasteiger partial charge in [-0.1, -0.05) is 6.07 Å². The molecule has 7 nitrogen and oxygen atoms in total. The molecule has 1 aliphatic heterocycles. The SMILES string of the molecule is Cc1cc(NCc2cccnc2)nc(Nc2ccc3c(c2)OCO3)n1. The van der Waals surface area contributed by atoms with E-state index in [0.29, 0.717) is 18.2 Å². The Morgan fingerprint density at radius 1 is 1.08 bits per heavy atom. The number of ether oxygens (including phenoxy) is 2. The highest BCUT2D eigenvalue weighted by Crippen LogP contribution is 2.34. The van der Waals surface area contributed by atoms with Crippen molar-refractivity contribution >= 4 is 17.5 Å². The zero-order chi connectivity index (χ0) is 17.1. The van der Waals surface area contributed by atoms with E-state index in [9.17, 15) is 0 Å². The van der Waals surface area contributed by atoms with Crippen LogP contribution in [-0.4, -0.2) is 21.7 Å². The summed E-state index contributed by atoms with van der Waals surface area (Å²) in [7, 11) is 0. The van der Waals surface area contributed by atoms with Gasteiger partial charge in [0.15, 0.2) is 11.5 Å². The van der Waals surface area contributed by atoms with E-state index in [2.05, 4.69) is 25.6 Å². The van der Waals surface area contributed by atoms with E-state index in [1.807, 2.05) is 49.5 Å². The summed E-state index contributed by atoms with van der Waals surface area (Å²) in [5.41, 5.74) is 2.80. The van der Waals surface area contributed by atoms with Crippen LogP contribution in [0.4, 0.5) is 17.5 Å². The summed E-state index contributed by atoms with van der Waals surface area (Å²) in [6.07, 6.45) is 3.58. The summed E-state index contributed by atoms with van der Waals surface area (Å²) in [5, 5.41) is 6.50. The van der Waals surface area contributed by atoms with Gasteiger partial charge in [-0.25, -0.2) is 4.98 Å². The molecule has 0 saturated carbocycles. The second-order valence-corrected chi connectivity index (χ2v) is 5.63. The van der Waals surface area contributed by atoms with E-state index in [4.69, 9.17) is 9.47 Å². The van der Waals surface area contributed by atoms with Gasteiger partial charge in [-0.2, -0.15) is 4.98 Å². The predicted octanol–water partition coefficient (Wildman–Crippen LogP) is 3.26. The molecule has 2 N–H and O–H groups in total. The van der Waals surface area contributed by atoms with Gasteiger partial charge in [0.25, 0.3) is 0 Å². The highest BCUT2D eigenvalue weighted by Gasteiger charge is 2.13. The van der Waals surface area contributed by atoms with Crippen molar-refractivity contribution in [3.05, 3.63) is 60.0 Å². The van der Waals surface area contributed by atoms with Gasteiger partial charge in [-0.3, -0.25) is 4.98 Å². The predicted molar refractivity (Wildman–Crippen MR) is 94.2 cm³/mol. The van der Waals surface area contributed by atoms with E-state index in [0.717, 1.165) is 28.5 Å². The molecule has 0 unspecified atom stereocenters. The van der Waals surface area contributed by atoms with E-state index in [-0.39, 0.29) is 6.79 Å². The van der Waals surface area contributed by atoms with Crippen LogP contribution in [0, 0.1) is 6.92 Å². The van der Waals surface area contributed by atoms with Crippen LogP contribution in [0.15, 0.2) is 48.8 Å². The van der Waals surface area contributed by atoms with Crippen molar-refractivity contribution in [2.75, 3.05) is 17.4 Å². The minimum Gasteiger partial charge on any atom is -0.454 e. The second kappa shape index (κ2) is 6.64. The third-order valence-corrected chi connectivity index (χ3v) is 3.68. The lowest BCUT2D eigenvalue weighted by atomic mass is 10.3. The third-order valence-electron chi connectivity index (χ3n) is 3.68. The van der Waals surface area contributed by atoms with Gasteiger partial charge < -0.3 is 20.1 Å². The summed E-state index contributed by atoms with van der Waals surface area (Å²) < 4.78 is 10.7. The lowest BCUT2D eigenvalue weighted by Crippen LogP contribution is -2.05. The Labute approximate surface area is 145 Å². The van der Waals surface area contributed by atoms with Gasteiger partial charge in [0, 0.05) is 42.5 Å². The number of anilines is 3. The van der Waals surface area contributed by atoms with Crippen LogP contribution in [0.2, 0.25) is 0 Å². The highest BCUT2D eigenvalue weighted by molar-refractivity contribution is 5.61. The Balaban J connectivity index is 1.49. The summed E-state index contributed by atoms with van der Waals surface area (Å²) in [6.45, 7) is 2.83. The van der Waals surface area contributed by atoms with Gasteiger partial charge in [-0.15, -0.1) is 0 Å². The maximum Gasteiger partial charge on any atom is 0.231 e. The quantitative estimate of drug-likeness (QED) is 0.740. The Morgan fingerprint density at radius 3 is 2.88 bits per heavy atom. The number of nitrogens with one attached hydrogen (secondary N) is 2. The van der Waals surface area contributed by atoms with E-state index < -0.39 is 0 Å². The first-order valence-electron chi connectivity index (χ1n) is 7.91. The number of rotatable bonds is 5. The molecule has 2 aromatic heterocycles. The average Bonchev–Trinajstić information content (AvgIpc) is 3.08. The molecule has 126 valence electrons. The molecular weight excluding hydrogens is 318 g/mol. The molecule has 3 aromatic rings. The number of hydrogen-bond donors (Lipinski definition) is 2. The Kier molecular flexibility index (Phi) is 4.04. The van der Waals surface area contributed by atoms with Crippen LogP contribution in [0.5, 0.6) is 11.5 Å². The molecule has 4 rings (SSSR count). The minimum atomic E-state index is 0.252. The number of benzene rings is 1.